The van der Waals surface area contributed by atoms with Crippen molar-refractivity contribution in [1.29, 1.82) is 0 Å². The molecule has 0 aliphatic rings. The number of hydrogen-bond acceptors (Lipinski definition) is 2. The van der Waals surface area contributed by atoms with Gasteiger partial charge < -0.3 is 5.32 Å². The summed E-state index contributed by atoms with van der Waals surface area (Å²) < 4.78 is 0. The van der Waals surface area contributed by atoms with E-state index in [4.69, 9.17) is 0 Å². The molecular weight excluding hydrogens is 130 g/mol. The van der Waals surface area contributed by atoms with Gasteiger partial charge in [0.15, 0.2) is 0 Å². The Kier molecular flexibility index (Phi) is 3.46. The molecule has 0 aliphatic heterocycles. The van der Waals surface area contributed by atoms with Crippen molar-refractivity contribution in [1.82, 2.24) is 10.2 Å². The van der Waals surface area contributed by atoms with Crippen molar-refractivity contribution in [2.75, 3.05) is 21.1 Å². The minimum Gasteiger partial charge on any atom is -0.341 e. The van der Waals surface area contributed by atoms with E-state index in [0.29, 0.717) is 5.84 Å². The number of nitrogens with zero attached hydrogens (tertiary/aromatic N) is 2. The van der Waals surface area contributed by atoms with Crippen molar-refractivity contribution in [2.24, 2.45) is 4.99 Å². The lowest BCUT2D eigenvalue weighted by molar-refractivity contribution is 0.228. The van der Waals surface area contributed by atoms with E-state index in [1.165, 1.54) is 4.90 Å². The maximum atomic E-state index is 10.8. The molecule has 0 aromatic rings. The third-order valence-electron chi connectivity index (χ3n) is 1.33. The van der Waals surface area contributed by atoms with Crippen LogP contribution >= 0.6 is 0 Å². The molecule has 0 aromatic carbocycles. The van der Waals surface area contributed by atoms with E-state index in [1.54, 1.807) is 28.1 Å². The Bertz CT molecular complexity index is 153. The van der Waals surface area contributed by atoms with Gasteiger partial charge in [0.05, 0.1) is 0 Å². The second-order valence-electron chi connectivity index (χ2n) is 1.88. The molecule has 58 valence electrons. The van der Waals surface area contributed by atoms with Gasteiger partial charge in [0.2, 0.25) is 0 Å². The van der Waals surface area contributed by atoms with Crippen LogP contribution in [0.25, 0.3) is 0 Å². The Morgan fingerprint density at radius 2 is 2.10 bits per heavy atom. The van der Waals surface area contributed by atoms with E-state index < -0.39 is 0 Å². The minimum absolute atomic E-state index is 0.150. The zero-order valence-corrected chi connectivity index (χ0v) is 6.80. The lowest BCUT2D eigenvalue weighted by Crippen LogP contribution is -2.38. The molecule has 0 heterocycles. The van der Waals surface area contributed by atoms with E-state index in [1.807, 2.05) is 0 Å². The number of amides is 2. The summed E-state index contributed by atoms with van der Waals surface area (Å²) in [5.41, 5.74) is 0. The molecule has 0 atom stereocenters. The number of amidine groups is 1. The van der Waals surface area contributed by atoms with Gasteiger partial charge in [0, 0.05) is 21.1 Å². The van der Waals surface area contributed by atoms with Crippen LogP contribution in [0, 0.1) is 0 Å². The summed E-state index contributed by atoms with van der Waals surface area (Å²) >= 11 is 0. The third kappa shape index (κ3) is 2.05. The van der Waals surface area contributed by atoms with Crippen LogP contribution in [-0.4, -0.2) is 37.9 Å². The molecule has 0 saturated carbocycles. The lowest BCUT2D eigenvalue weighted by atomic mass is 10.6. The Balaban J connectivity index is 4.08. The number of rotatable bonds is 0. The van der Waals surface area contributed by atoms with Crippen molar-refractivity contribution in [3.05, 3.63) is 0 Å². The van der Waals surface area contributed by atoms with E-state index >= 15 is 0 Å². The number of hydrogen-bond donors (Lipinski definition) is 1. The van der Waals surface area contributed by atoms with Crippen LogP contribution in [0.1, 0.15) is 6.92 Å². The molecule has 10 heavy (non-hydrogen) atoms. The first kappa shape index (κ1) is 8.94. The predicted molar refractivity (Wildman–Crippen MR) is 41.3 cm³/mol. The van der Waals surface area contributed by atoms with Gasteiger partial charge in [-0.15, -0.1) is 0 Å². The highest BCUT2D eigenvalue weighted by Crippen LogP contribution is 1.85. The fraction of sp³-hybridized carbons (Fsp3) is 0.667. The Labute approximate surface area is 60.9 Å². The van der Waals surface area contributed by atoms with Gasteiger partial charge in [-0.05, 0) is 6.92 Å². The molecule has 0 saturated heterocycles. The number of carbonyl (C=O) groups is 1. The van der Waals surface area contributed by atoms with Crippen LogP contribution in [0.2, 0.25) is 0 Å². The second-order valence-corrected chi connectivity index (χ2v) is 1.88. The summed E-state index contributed by atoms with van der Waals surface area (Å²) in [6.45, 7) is 1.77. The molecule has 0 aromatic heterocycles. The average molecular weight is 143 g/mol. The van der Waals surface area contributed by atoms with E-state index in [2.05, 4.69) is 10.3 Å². The monoisotopic (exact) mass is 143 g/mol. The number of nitrogens with one attached hydrogen (secondary N) is 1. The topological polar surface area (TPSA) is 44.7 Å². The van der Waals surface area contributed by atoms with Crippen molar-refractivity contribution < 1.29 is 4.79 Å². The quantitative estimate of drug-likeness (QED) is 0.385. The molecule has 4 heteroatoms. The van der Waals surface area contributed by atoms with Gasteiger partial charge in [0.25, 0.3) is 0 Å². The van der Waals surface area contributed by atoms with E-state index in [9.17, 15) is 4.79 Å². The summed E-state index contributed by atoms with van der Waals surface area (Å²) in [5.74, 6) is 0.694. The molecular formula is C6H13N3O. The second kappa shape index (κ2) is 3.87. The molecule has 0 unspecified atom stereocenters. The van der Waals surface area contributed by atoms with Gasteiger partial charge in [-0.2, -0.15) is 0 Å². The van der Waals surface area contributed by atoms with Crippen molar-refractivity contribution in [3.63, 3.8) is 0 Å². The number of urea groups is 1. The zero-order chi connectivity index (χ0) is 8.15. The first-order valence-corrected chi connectivity index (χ1v) is 3.02. The maximum Gasteiger partial charge on any atom is 0.322 e. The lowest BCUT2D eigenvalue weighted by Gasteiger charge is -2.14. The fourth-order valence-corrected chi connectivity index (χ4v) is 0.465. The number of carbonyl (C=O) groups excluding carboxylic acids is 1. The van der Waals surface area contributed by atoms with Crippen LogP contribution in [-0.2, 0) is 0 Å². The zero-order valence-electron chi connectivity index (χ0n) is 6.80. The normalized spacial score (nSPS) is 11.0. The van der Waals surface area contributed by atoms with E-state index in [-0.39, 0.29) is 6.03 Å². The molecule has 0 fully saturated rings. The van der Waals surface area contributed by atoms with Crippen LogP contribution in [0.5, 0.6) is 0 Å². The minimum atomic E-state index is -0.150. The van der Waals surface area contributed by atoms with Gasteiger partial charge in [-0.3, -0.25) is 9.89 Å². The average Bonchev–Trinajstić information content (AvgIpc) is 2.00. The summed E-state index contributed by atoms with van der Waals surface area (Å²) in [6, 6.07) is -0.150. The summed E-state index contributed by atoms with van der Waals surface area (Å²) in [5, 5.41) is 2.49. The maximum absolute atomic E-state index is 10.8. The standard InChI is InChI=1S/C6H13N3O/c1-5(7-2)9(4)6(10)8-3/h1-4H3,(H,8,10). The molecule has 0 spiro atoms. The Morgan fingerprint density at radius 1 is 1.60 bits per heavy atom. The fourth-order valence-electron chi connectivity index (χ4n) is 0.465. The molecule has 4 nitrogen and oxygen atoms in total. The van der Waals surface area contributed by atoms with Gasteiger partial charge >= 0.3 is 6.03 Å². The molecule has 1 N–H and O–H groups in total. The first-order chi connectivity index (χ1) is 4.63. The first-order valence-electron chi connectivity index (χ1n) is 3.02. The van der Waals surface area contributed by atoms with Crippen molar-refractivity contribution in [3.8, 4) is 0 Å². The van der Waals surface area contributed by atoms with Crippen molar-refractivity contribution >= 4 is 11.9 Å². The van der Waals surface area contributed by atoms with E-state index in [0.717, 1.165) is 0 Å². The largest absolute Gasteiger partial charge is 0.341 e. The highest BCUT2D eigenvalue weighted by atomic mass is 16.2. The third-order valence-corrected chi connectivity index (χ3v) is 1.33. The highest BCUT2D eigenvalue weighted by Gasteiger charge is 2.06. The highest BCUT2D eigenvalue weighted by molar-refractivity contribution is 5.95. The molecule has 0 aliphatic carbocycles. The van der Waals surface area contributed by atoms with Crippen LogP contribution < -0.4 is 5.32 Å². The van der Waals surface area contributed by atoms with Gasteiger partial charge in [-0.25, -0.2) is 4.79 Å². The molecule has 0 bridgehead atoms. The molecule has 0 rings (SSSR count). The van der Waals surface area contributed by atoms with Gasteiger partial charge in [-0.1, -0.05) is 0 Å². The summed E-state index contributed by atoms with van der Waals surface area (Å²) in [6.07, 6.45) is 0. The predicted octanol–water partition coefficient (Wildman–Crippen LogP) is 0.306. The van der Waals surface area contributed by atoms with Crippen LogP contribution in [0.4, 0.5) is 4.79 Å². The van der Waals surface area contributed by atoms with Crippen LogP contribution in [0.15, 0.2) is 4.99 Å². The SMILES string of the molecule is CN=C(C)N(C)C(=O)NC. The molecule has 0 radical (unpaired) electrons. The Morgan fingerprint density at radius 3 is 2.40 bits per heavy atom. The molecule has 2 amide bonds. The van der Waals surface area contributed by atoms with Crippen LogP contribution in [0.3, 0.4) is 0 Å². The summed E-state index contributed by atoms with van der Waals surface area (Å²) in [4.78, 5) is 16.1. The van der Waals surface area contributed by atoms with Gasteiger partial charge in [0.1, 0.15) is 5.84 Å². The summed E-state index contributed by atoms with van der Waals surface area (Å²) in [7, 11) is 4.90. The Hall–Kier alpha value is -1.06. The smallest absolute Gasteiger partial charge is 0.322 e. The van der Waals surface area contributed by atoms with Crippen molar-refractivity contribution in [2.45, 2.75) is 6.92 Å². The number of aliphatic imine (C=N–C) groups is 1.